The van der Waals surface area contributed by atoms with Gasteiger partial charge in [0.2, 0.25) is 0 Å². The fourth-order valence-corrected chi connectivity index (χ4v) is 2.24. The summed E-state index contributed by atoms with van der Waals surface area (Å²) in [4.78, 5) is 0. The molecule has 0 heterocycles. The molecule has 0 unspecified atom stereocenters. The molecule has 0 bridgehead atoms. The molecule has 0 saturated heterocycles. The number of nitrogens with two attached hydrogens (primary N) is 1. The van der Waals surface area contributed by atoms with Gasteiger partial charge in [0.1, 0.15) is 11.6 Å². The van der Waals surface area contributed by atoms with Crippen LogP contribution in [0.3, 0.4) is 0 Å². The van der Waals surface area contributed by atoms with Crippen molar-refractivity contribution in [2.75, 3.05) is 6.61 Å². The number of rotatable bonds is 4. The van der Waals surface area contributed by atoms with Crippen LogP contribution in [0.5, 0.6) is 0 Å². The summed E-state index contributed by atoms with van der Waals surface area (Å²) in [5.74, 6) is -0.891. The molecule has 1 saturated carbocycles. The van der Waals surface area contributed by atoms with E-state index in [0.29, 0.717) is 6.61 Å². The number of hydrogen-bond donors (Lipinski definition) is 1. The van der Waals surface area contributed by atoms with Crippen LogP contribution in [0.25, 0.3) is 0 Å². The van der Waals surface area contributed by atoms with Crippen LogP contribution in [0.4, 0.5) is 8.78 Å². The molecule has 0 amide bonds. The van der Waals surface area contributed by atoms with Gasteiger partial charge < -0.3 is 10.5 Å². The van der Waals surface area contributed by atoms with Gasteiger partial charge >= 0.3 is 0 Å². The minimum absolute atomic E-state index is 0.0720. The summed E-state index contributed by atoms with van der Waals surface area (Å²) in [6.07, 6.45) is 4.12. The molecule has 1 aliphatic carbocycles. The zero-order valence-electron chi connectivity index (χ0n) is 9.72. The lowest BCUT2D eigenvalue weighted by Gasteiger charge is -2.23. The number of hydrogen-bond acceptors (Lipinski definition) is 2. The van der Waals surface area contributed by atoms with Crippen molar-refractivity contribution in [3.05, 3.63) is 35.4 Å². The molecule has 1 aromatic carbocycles. The SMILES string of the molecule is NC1(COCc2cc(F)ccc2F)CCCC1. The average Bonchev–Trinajstić information content (AvgIpc) is 2.71. The minimum Gasteiger partial charge on any atom is -0.375 e. The second-order valence-electron chi connectivity index (χ2n) is 4.80. The highest BCUT2D eigenvalue weighted by atomic mass is 19.1. The van der Waals surface area contributed by atoms with Crippen molar-refractivity contribution in [2.45, 2.75) is 37.8 Å². The van der Waals surface area contributed by atoms with Crippen LogP contribution in [-0.4, -0.2) is 12.1 Å². The summed E-state index contributed by atoms with van der Waals surface area (Å²) < 4.78 is 31.6. The van der Waals surface area contributed by atoms with E-state index in [1.54, 1.807) is 0 Å². The molecule has 0 aromatic heterocycles. The van der Waals surface area contributed by atoms with E-state index in [9.17, 15) is 8.78 Å². The molecule has 0 spiro atoms. The number of ether oxygens (including phenoxy) is 1. The summed E-state index contributed by atoms with van der Waals surface area (Å²) in [6, 6.07) is 3.37. The second-order valence-corrected chi connectivity index (χ2v) is 4.80. The summed E-state index contributed by atoms with van der Waals surface area (Å²) >= 11 is 0. The van der Waals surface area contributed by atoms with Crippen LogP contribution in [0.1, 0.15) is 31.2 Å². The molecule has 94 valence electrons. The molecular weight excluding hydrogens is 224 g/mol. The predicted octanol–water partition coefficient (Wildman–Crippen LogP) is 2.75. The first-order chi connectivity index (χ1) is 8.09. The summed E-state index contributed by atoms with van der Waals surface area (Å²) in [5, 5.41) is 0. The Kier molecular flexibility index (Phi) is 3.74. The Bertz CT molecular complexity index is 389. The van der Waals surface area contributed by atoms with Gasteiger partial charge in [0.25, 0.3) is 0 Å². The van der Waals surface area contributed by atoms with Crippen molar-refractivity contribution >= 4 is 0 Å². The van der Waals surface area contributed by atoms with E-state index in [2.05, 4.69) is 0 Å². The van der Waals surface area contributed by atoms with Gasteiger partial charge in [0.15, 0.2) is 0 Å². The third-order valence-electron chi connectivity index (χ3n) is 3.25. The van der Waals surface area contributed by atoms with E-state index >= 15 is 0 Å². The fourth-order valence-electron chi connectivity index (χ4n) is 2.24. The first-order valence-corrected chi connectivity index (χ1v) is 5.90. The maximum absolute atomic E-state index is 13.3. The molecule has 2 nitrogen and oxygen atoms in total. The van der Waals surface area contributed by atoms with E-state index in [1.165, 1.54) is 0 Å². The van der Waals surface area contributed by atoms with Crippen LogP contribution in [0, 0.1) is 11.6 Å². The molecular formula is C13H17F2NO. The Balaban J connectivity index is 1.87. The zero-order chi connectivity index (χ0) is 12.3. The largest absolute Gasteiger partial charge is 0.375 e. The Morgan fingerprint density at radius 2 is 1.94 bits per heavy atom. The van der Waals surface area contributed by atoms with Gasteiger partial charge in [0, 0.05) is 11.1 Å². The normalized spacial score (nSPS) is 18.5. The molecule has 4 heteroatoms. The van der Waals surface area contributed by atoms with Crippen molar-refractivity contribution < 1.29 is 13.5 Å². The van der Waals surface area contributed by atoms with Gasteiger partial charge in [-0.25, -0.2) is 8.78 Å². The Labute approximate surface area is 99.8 Å². The lowest BCUT2D eigenvalue weighted by molar-refractivity contribution is 0.0732. The van der Waals surface area contributed by atoms with Crippen LogP contribution < -0.4 is 5.73 Å². The van der Waals surface area contributed by atoms with Crippen molar-refractivity contribution in [2.24, 2.45) is 5.73 Å². The lowest BCUT2D eigenvalue weighted by Crippen LogP contribution is -2.41. The van der Waals surface area contributed by atoms with Crippen molar-refractivity contribution in [3.8, 4) is 0 Å². The smallest absolute Gasteiger partial charge is 0.128 e. The quantitative estimate of drug-likeness (QED) is 0.879. The van der Waals surface area contributed by atoms with Crippen molar-refractivity contribution in [1.29, 1.82) is 0 Å². The summed E-state index contributed by atoms with van der Waals surface area (Å²) in [7, 11) is 0. The van der Waals surface area contributed by atoms with Gasteiger partial charge in [-0.05, 0) is 31.0 Å². The Hall–Kier alpha value is -1.00. The Morgan fingerprint density at radius 3 is 2.65 bits per heavy atom. The lowest BCUT2D eigenvalue weighted by atomic mass is 10.0. The zero-order valence-corrected chi connectivity index (χ0v) is 9.72. The highest BCUT2D eigenvalue weighted by molar-refractivity contribution is 5.17. The third kappa shape index (κ3) is 3.23. The molecule has 17 heavy (non-hydrogen) atoms. The predicted molar refractivity (Wildman–Crippen MR) is 61.4 cm³/mol. The van der Waals surface area contributed by atoms with Gasteiger partial charge in [0.05, 0.1) is 13.2 Å². The van der Waals surface area contributed by atoms with Crippen LogP contribution >= 0.6 is 0 Å². The van der Waals surface area contributed by atoms with Gasteiger partial charge in [-0.1, -0.05) is 12.8 Å². The highest BCUT2D eigenvalue weighted by Gasteiger charge is 2.29. The molecule has 1 aliphatic rings. The fraction of sp³-hybridized carbons (Fsp3) is 0.538. The highest BCUT2D eigenvalue weighted by Crippen LogP contribution is 2.27. The average molecular weight is 241 g/mol. The standard InChI is InChI=1S/C13H17F2NO/c14-11-3-4-12(15)10(7-11)8-17-9-13(16)5-1-2-6-13/h3-4,7H,1-2,5-6,8-9,16H2. The molecule has 1 fully saturated rings. The maximum atomic E-state index is 13.3. The first kappa shape index (κ1) is 12.5. The van der Waals surface area contributed by atoms with Crippen LogP contribution in [-0.2, 0) is 11.3 Å². The van der Waals surface area contributed by atoms with E-state index < -0.39 is 11.6 Å². The second kappa shape index (κ2) is 5.10. The number of halogens is 2. The topological polar surface area (TPSA) is 35.2 Å². The van der Waals surface area contributed by atoms with E-state index in [-0.39, 0.29) is 17.7 Å². The monoisotopic (exact) mass is 241 g/mol. The van der Waals surface area contributed by atoms with Gasteiger partial charge in [-0.15, -0.1) is 0 Å². The molecule has 0 aliphatic heterocycles. The van der Waals surface area contributed by atoms with Crippen LogP contribution in [0.2, 0.25) is 0 Å². The molecule has 0 radical (unpaired) electrons. The number of benzene rings is 1. The minimum atomic E-state index is -0.451. The molecule has 2 N–H and O–H groups in total. The third-order valence-corrected chi connectivity index (χ3v) is 3.25. The van der Waals surface area contributed by atoms with Crippen molar-refractivity contribution in [1.82, 2.24) is 0 Å². The van der Waals surface area contributed by atoms with Crippen molar-refractivity contribution in [3.63, 3.8) is 0 Å². The first-order valence-electron chi connectivity index (χ1n) is 5.90. The Morgan fingerprint density at radius 1 is 1.24 bits per heavy atom. The van der Waals surface area contributed by atoms with Gasteiger partial charge in [-0.2, -0.15) is 0 Å². The van der Waals surface area contributed by atoms with E-state index in [1.807, 2.05) is 0 Å². The molecule has 2 rings (SSSR count). The summed E-state index contributed by atoms with van der Waals surface area (Å²) in [5.41, 5.74) is 6.07. The molecule has 1 aromatic rings. The van der Waals surface area contributed by atoms with Crippen LogP contribution in [0.15, 0.2) is 18.2 Å². The van der Waals surface area contributed by atoms with E-state index in [4.69, 9.17) is 10.5 Å². The summed E-state index contributed by atoms with van der Waals surface area (Å²) in [6.45, 7) is 0.478. The van der Waals surface area contributed by atoms with E-state index in [0.717, 1.165) is 43.9 Å². The van der Waals surface area contributed by atoms with Gasteiger partial charge in [-0.3, -0.25) is 0 Å². The maximum Gasteiger partial charge on any atom is 0.128 e. The molecule has 0 atom stereocenters.